The predicted octanol–water partition coefficient (Wildman–Crippen LogP) is 2.56. The van der Waals surface area contributed by atoms with Crippen molar-refractivity contribution in [1.29, 1.82) is 0 Å². The van der Waals surface area contributed by atoms with E-state index in [1.807, 2.05) is 0 Å². The van der Waals surface area contributed by atoms with Gasteiger partial charge in [0.15, 0.2) is 13.9 Å². The Hall–Kier alpha value is -1.18. The molecule has 0 amide bonds. The number of esters is 2. The monoisotopic (exact) mass is 358 g/mol. The Morgan fingerprint density at radius 2 is 1.75 bits per heavy atom. The molecule has 24 heavy (non-hydrogen) atoms. The lowest BCUT2D eigenvalue weighted by molar-refractivity contribution is -0.175. The first-order chi connectivity index (χ1) is 10.7. The molecule has 6 nitrogen and oxygen atoms in total. The second kappa shape index (κ2) is 6.97. The zero-order chi connectivity index (χ0) is 18.9. The van der Waals surface area contributed by atoms with Crippen molar-refractivity contribution in [2.75, 3.05) is 7.11 Å². The molecule has 0 aromatic carbocycles. The molecule has 0 radical (unpaired) electrons. The Bertz CT molecular complexity index is 522. The minimum Gasteiger partial charge on any atom is -0.467 e. The maximum atomic E-state index is 12.0. The highest BCUT2D eigenvalue weighted by Crippen LogP contribution is 2.42. The predicted molar refractivity (Wildman–Crippen MR) is 93.0 cm³/mol. The zero-order valence-corrected chi connectivity index (χ0v) is 16.8. The van der Waals surface area contributed by atoms with Crippen LogP contribution in [0.3, 0.4) is 0 Å². The SMILES string of the molecule is C=C1[C@H](OC(C)=O)C[C@@](O)(C(=O)OC)C[C@H]1O[Si](C)(C)C(C)(C)C. The molecule has 0 aromatic rings. The second-order valence-electron chi connectivity index (χ2n) is 7.97. The minimum absolute atomic E-state index is 0.0444. The van der Waals surface area contributed by atoms with E-state index < -0.39 is 38.1 Å². The molecule has 7 heteroatoms. The van der Waals surface area contributed by atoms with Gasteiger partial charge in [0, 0.05) is 19.8 Å². The molecule has 1 aliphatic carbocycles. The quantitative estimate of drug-likeness (QED) is 0.472. The van der Waals surface area contributed by atoms with E-state index in [0.717, 1.165) is 0 Å². The van der Waals surface area contributed by atoms with Crippen LogP contribution >= 0.6 is 0 Å². The van der Waals surface area contributed by atoms with Gasteiger partial charge in [-0.15, -0.1) is 0 Å². The van der Waals surface area contributed by atoms with E-state index in [4.69, 9.17) is 13.9 Å². The number of carbonyl (C=O) groups is 2. The summed E-state index contributed by atoms with van der Waals surface area (Å²) in [6.07, 6.45) is -1.39. The van der Waals surface area contributed by atoms with E-state index in [-0.39, 0.29) is 17.9 Å². The molecule has 1 rings (SSSR count). The summed E-state index contributed by atoms with van der Waals surface area (Å²) in [4.78, 5) is 23.4. The van der Waals surface area contributed by atoms with Gasteiger partial charge in [-0.25, -0.2) is 4.79 Å². The Kier molecular flexibility index (Phi) is 6.06. The summed E-state index contributed by atoms with van der Waals surface area (Å²) in [6.45, 7) is 15.7. The van der Waals surface area contributed by atoms with Crippen molar-refractivity contribution in [3.05, 3.63) is 12.2 Å². The van der Waals surface area contributed by atoms with Crippen LogP contribution in [0.15, 0.2) is 12.2 Å². The third-order valence-corrected chi connectivity index (χ3v) is 9.48. The van der Waals surface area contributed by atoms with Gasteiger partial charge in [-0.05, 0) is 23.7 Å². The maximum absolute atomic E-state index is 12.0. The first-order valence-electron chi connectivity index (χ1n) is 8.08. The van der Waals surface area contributed by atoms with Crippen molar-refractivity contribution in [1.82, 2.24) is 0 Å². The smallest absolute Gasteiger partial charge is 0.338 e. The number of aliphatic hydroxyl groups is 1. The van der Waals surface area contributed by atoms with Gasteiger partial charge in [0.1, 0.15) is 6.10 Å². The van der Waals surface area contributed by atoms with Gasteiger partial charge in [-0.3, -0.25) is 4.79 Å². The average molecular weight is 359 g/mol. The standard InChI is InChI=1S/C17H30O6Si/c1-11-13(22-12(2)18)9-17(20,15(19)21-6)10-14(11)23-24(7,8)16(3,4)5/h13-14,20H,1,9-10H2,2-8H3/t13-,14-,17+/m1/s1. The van der Waals surface area contributed by atoms with Crippen molar-refractivity contribution < 1.29 is 28.6 Å². The van der Waals surface area contributed by atoms with E-state index in [0.29, 0.717) is 5.57 Å². The summed E-state index contributed by atoms with van der Waals surface area (Å²) in [6, 6.07) is 0. The van der Waals surface area contributed by atoms with Gasteiger partial charge in [0.25, 0.3) is 0 Å². The molecule has 0 unspecified atom stereocenters. The van der Waals surface area contributed by atoms with Gasteiger partial charge >= 0.3 is 11.9 Å². The number of hydrogen-bond acceptors (Lipinski definition) is 6. The van der Waals surface area contributed by atoms with Crippen LogP contribution in [0, 0.1) is 0 Å². The van der Waals surface area contributed by atoms with E-state index >= 15 is 0 Å². The second-order valence-corrected chi connectivity index (χ2v) is 12.7. The highest BCUT2D eigenvalue weighted by Gasteiger charge is 2.51. The Morgan fingerprint density at radius 3 is 2.17 bits per heavy atom. The van der Waals surface area contributed by atoms with Crippen LogP contribution in [0.4, 0.5) is 0 Å². The lowest BCUT2D eigenvalue weighted by atomic mass is 9.79. The van der Waals surface area contributed by atoms with Crippen molar-refractivity contribution in [3.8, 4) is 0 Å². The third-order valence-electron chi connectivity index (χ3n) is 4.99. The molecule has 0 aliphatic heterocycles. The fourth-order valence-electron chi connectivity index (χ4n) is 2.49. The number of rotatable bonds is 4. The molecular formula is C17H30O6Si. The fraction of sp³-hybridized carbons (Fsp3) is 0.765. The lowest BCUT2D eigenvalue weighted by Crippen LogP contribution is -2.55. The Morgan fingerprint density at radius 1 is 1.25 bits per heavy atom. The largest absolute Gasteiger partial charge is 0.467 e. The van der Waals surface area contributed by atoms with Crippen LogP contribution < -0.4 is 0 Å². The summed E-state index contributed by atoms with van der Waals surface area (Å²) in [7, 11) is -0.959. The van der Waals surface area contributed by atoms with Gasteiger partial charge in [0.2, 0.25) is 0 Å². The fourth-order valence-corrected chi connectivity index (χ4v) is 3.79. The summed E-state index contributed by atoms with van der Waals surface area (Å²) in [5.74, 6) is -1.25. The summed E-state index contributed by atoms with van der Waals surface area (Å²) < 4.78 is 16.3. The Balaban J connectivity index is 3.14. The number of carbonyl (C=O) groups excluding carboxylic acids is 2. The number of hydrogen-bond donors (Lipinski definition) is 1. The molecule has 1 aliphatic rings. The first kappa shape index (κ1) is 20.9. The van der Waals surface area contributed by atoms with Crippen LogP contribution in [0.5, 0.6) is 0 Å². The van der Waals surface area contributed by atoms with Crippen LogP contribution in [0.1, 0.15) is 40.5 Å². The van der Waals surface area contributed by atoms with Crippen LogP contribution in [0.2, 0.25) is 18.1 Å². The normalized spacial score (nSPS) is 28.4. The molecule has 0 bridgehead atoms. The summed E-state index contributed by atoms with van der Waals surface area (Å²) >= 11 is 0. The molecule has 0 saturated heterocycles. The molecule has 0 aromatic heterocycles. The summed E-state index contributed by atoms with van der Waals surface area (Å²) in [5, 5.41) is 10.7. The van der Waals surface area contributed by atoms with Crippen LogP contribution in [-0.2, 0) is 23.5 Å². The topological polar surface area (TPSA) is 82.1 Å². The molecule has 0 spiro atoms. The number of methoxy groups -OCH3 is 1. The highest BCUT2D eigenvalue weighted by molar-refractivity contribution is 6.74. The third kappa shape index (κ3) is 4.46. The maximum Gasteiger partial charge on any atom is 0.338 e. The molecular weight excluding hydrogens is 328 g/mol. The molecule has 3 atom stereocenters. The minimum atomic E-state index is -2.18. The van der Waals surface area contributed by atoms with E-state index in [1.165, 1.54) is 14.0 Å². The van der Waals surface area contributed by atoms with Crippen molar-refractivity contribution in [2.45, 2.75) is 76.5 Å². The molecule has 1 fully saturated rings. The summed E-state index contributed by atoms with van der Waals surface area (Å²) in [5.41, 5.74) is -1.19. The number of ether oxygens (including phenoxy) is 2. The highest BCUT2D eigenvalue weighted by atomic mass is 28.4. The molecule has 138 valence electrons. The van der Waals surface area contributed by atoms with Crippen molar-refractivity contribution >= 4 is 20.3 Å². The van der Waals surface area contributed by atoms with Crippen molar-refractivity contribution in [2.24, 2.45) is 0 Å². The molecule has 1 N–H and O–H groups in total. The zero-order valence-electron chi connectivity index (χ0n) is 15.8. The lowest BCUT2D eigenvalue weighted by Gasteiger charge is -2.45. The van der Waals surface area contributed by atoms with Crippen molar-refractivity contribution in [3.63, 3.8) is 0 Å². The van der Waals surface area contributed by atoms with Crippen LogP contribution in [0.25, 0.3) is 0 Å². The first-order valence-corrected chi connectivity index (χ1v) is 11.0. The molecule has 1 saturated carbocycles. The van der Waals surface area contributed by atoms with E-state index in [1.54, 1.807) is 0 Å². The average Bonchev–Trinajstić information content (AvgIpc) is 2.40. The Labute approximate surface area is 145 Å². The van der Waals surface area contributed by atoms with Gasteiger partial charge < -0.3 is 19.0 Å². The van der Waals surface area contributed by atoms with Gasteiger partial charge in [-0.2, -0.15) is 0 Å². The van der Waals surface area contributed by atoms with Crippen LogP contribution in [-0.4, -0.2) is 50.3 Å². The van der Waals surface area contributed by atoms with Gasteiger partial charge in [0.05, 0.1) is 13.2 Å². The van der Waals surface area contributed by atoms with Gasteiger partial charge in [-0.1, -0.05) is 27.4 Å². The van der Waals surface area contributed by atoms with E-state index in [9.17, 15) is 14.7 Å². The van der Waals surface area contributed by atoms with E-state index in [2.05, 4.69) is 40.4 Å². The molecule has 0 heterocycles.